The number of furan rings is 1. The van der Waals surface area contributed by atoms with E-state index in [1.54, 1.807) is 18.4 Å². The van der Waals surface area contributed by atoms with Crippen molar-refractivity contribution in [2.75, 3.05) is 17.2 Å². The standard InChI is InChI=1S/C25H20N2O7S/c28-24(29)16-5-7-21-20(12-16)26-23(33-21)19-11-15-4-6-17(13-22(15)34-25(19)30)27(8-2-10-35-31)14-18-3-1-9-32-18/h1,3-7,9,11-13,31H,2,8,10,14H2,(H,28,29). The molecule has 2 aromatic carbocycles. The van der Waals surface area contributed by atoms with Gasteiger partial charge in [-0.25, -0.2) is 14.6 Å². The lowest BCUT2D eigenvalue weighted by atomic mass is 10.1. The molecule has 0 radical (unpaired) electrons. The predicted octanol–water partition coefficient (Wildman–Crippen LogP) is 5.50. The fourth-order valence-corrected chi connectivity index (χ4v) is 4.09. The van der Waals surface area contributed by atoms with Crippen LogP contribution in [0.3, 0.4) is 0 Å². The molecule has 3 heterocycles. The summed E-state index contributed by atoms with van der Waals surface area (Å²) in [4.78, 5) is 30.4. The molecule has 3 aromatic heterocycles. The molecule has 0 unspecified atom stereocenters. The van der Waals surface area contributed by atoms with Gasteiger partial charge in [0.05, 0.1) is 18.4 Å². The summed E-state index contributed by atoms with van der Waals surface area (Å²) in [7, 11) is 0. The van der Waals surface area contributed by atoms with Gasteiger partial charge in [-0.05, 0) is 67.0 Å². The third-order valence-electron chi connectivity index (χ3n) is 5.54. The van der Waals surface area contributed by atoms with E-state index >= 15 is 0 Å². The second-order valence-corrected chi connectivity index (χ2v) is 8.53. The third-order valence-corrected chi connectivity index (χ3v) is 6.01. The molecule has 0 aliphatic carbocycles. The van der Waals surface area contributed by atoms with Crippen LogP contribution in [0.4, 0.5) is 5.69 Å². The van der Waals surface area contributed by atoms with Crippen molar-refractivity contribution >= 4 is 45.8 Å². The molecule has 178 valence electrons. The van der Waals surface area contributed by atoms with E-state index in [-0.39, 0.29) is 17.0 Å². The van der Waals surface area contributed by atoms with Crippen LogP contribution in [0.25, 0.3) is 33.5 Å². The van der Waals surface area contributed by atoms with Gasteiger partial charge in [-0.3, -0.25) is 0 Å². The van der Waals surface area contributed by atoms with Crippen LogP contribution < -0.4 is 10.5 Å². The number of carbonyl (C=O) groups is 1. The van der Waals surface area contributed by atoms with E-state index in [0.29, 0.717) is 40.9 Å². The predicted molar refractivity (Wildman–Crippen MR) is 132 cm³/mol. The molecule has 10 heteroatoms. The highest BCUT2D eigenvalue weighted by molar-refractivity contribution is 7.93. The Bertz CT molecular complexity index is 1560. The van der Waals surface area contributed by atoms with Gasteiger partial charge in [0.25, 0.3) is 0 Å². The Balaban J connectivity index is 1.49. The van der Waals surface area contributed by atoms with Crippen LogP contribution in [0, 0.1) is 0 Å². The third kappa shape index (κ3) is 4.79. The van der Waals surface area contributed by atoms with Gasteiger partial charge < -0.3 is 27.8 Å². The number of fused-ring (bicyclic) bond motifs is 2. The van der Waals surface area contributed by atoms with E-state index in [0.717, 1.165) is 29.9 Å². The van der Waals surface area contributed by atoms with E-state index in [1.807, 2.05) is 24.3 Å². The molecule has 0 aliphatic rings. The number of anilines is 1. The van der Waals surface area contributed by atoms with E-state index in [2.05, 4.69) is 9.88 Å². The Kier molecular flexibility index (Phi) is 6.30. The zero-order valence-electron chi connectivity index (χ0n) is 18.3. The minimum absolute atomic E-state index is 0.0585. The van der Waals surface area contributed by atoms with Crippen molar-refractivity contribution < 1.29 is 27.7 Å². The number of hydrogen-bond donors (Lipinski definition) is 2. The molecule has 2 N–H and O–H groups in total. The fourth-order valence-electron chi connectivity index (χ4n) is 3.83. The molecule has 0 aliphatic heterocycles. The maximum absolute atomic E-state index is 12.8. The summed E-state index contributed by atoms with van der Waals surface area (Å²) in [5.41, 5.74) is 1.56. The van der Waals surface area contributed by atoms with Crippen LogP contribution >= 0.6 is 12.0 Å². The number of nitrogens with zero attached hydrogens (tertiary/aromatic N) is 2. The second kappa shape index (κ2) is 9.69. The number of rotatable bonds is 9. The minimum atomic E-state index is -1.08. The van der Waals surface area contributed by atoms with Gasteiger partial charge in [0.2, 0.25) is 5.89 Å². The first-order valence-electron chi connectivity index (χ1n) is 10.8. The monoisotopic (exact) mass is 492 g/mol. The Hall–Kier alpha value is -4.02. The number of benzene rings is 2. The molecule has 0 amide bonds. The van der Waals surface area contributed by atoms with E-state index in [1.165, 1.54) is 18.2 Å². The summed E-state index contributed by atoms with van der Waals surface area (Å²) >= 11 is 0.800. The first-order chi connectivity index (χ1) is 17.0. The number of aromatic carboxylic acids is 1. The van der Waals surface area contributed by atoms with Crippen molar-refractivity contribution in [3.63, 3.8) is 0 Å². The van der Waals surface area contributed by atoms with Crippen LogP contribution in [-0.4, -0.2) is 32.9 Å². The normalized spacial score (nSPS) is 11.3. The Morgan fingerprint density at radius 2 is 1.94 bits per heavy atom. The highest BCUT2D eigenvalue weighted by Crippen LogP contribution is 2.28. The molecule has 0 bridgehead atoms. The van der Waals surface area contributed by atoms with Gasteiger partial charge in [0.1, 0.15) is 22.4 Å². The maximum atomic E-state index is 12.8. The molecule has 5 rings (SSSR count). The Morgan fingerprint density at radius 1 is 1.06 bits per heavy atom. The second-order valence-electron chi connectivity index (χ2n) is 7.86. The average Bonchev–Trinajstić information content (AvgIpc) is 3.52. The molecule has 0 spiro atoms. The number of aromatic nitrogens is 1. The lowest BCUT2D eigenvalue weighted by Gasteiger charge is -2.24. The lowest BCUT2D eigenvalue weighted by Crippen LogP contribution is -2.24. The van der Waals surface area contributed by atoms with E-state index in [4.69, 9.17) is 17.8 Å². The zero-order chi connectivity index (χ0) is 24.4. The fraction of sp³-hybridized carbons (Fsp3) is 0.160. The summed E-state index contributed by atoms with van der Waals surface area (Å²) in [6, 6.07) is 15.2. The number of oxazole rings is 1. The highest BCUT2D eigenvalue weighted by atomic mass is 32.2. The average molecular weight is 493 g/mol. The summed E-state index contributed by atoms with van der Waals surface area (Å²) in [6.45, 7) is 1.20. The summed E-state index contributed by atoms with van der Waals surface area (Å²) in [5, 5.41) is 9.86. The maximum Gasteiger partial charge on any atom is 0.349 e. The number of hydrogen-bond acceptors (Lipinski definition) is 9. The van der Waals surface area contributed by atoms with Gasteiger partial charge in [-0.15, -0.1) is 0 Å². The topological polar surface area (TPSA) is 130 Å². The first kappa shape index (κ1) is 22.8. The minimum Gasteiger partial charge on any atom is -0.478 e. The van der Waals surface area contributed by atoms with Gasteiger partial charge in [0.15, 0.2) is 5.58 Å². The molecule has 0 saturated heterocycles. The van der Waals surface area contributed by atoms with Crippen LogP contribution in [-0.2, 0) is 6.54 Å². The van der Waals surface area contributed by atoms with Crippen LogP contribution in [0.1, 0.15) is 22.5 Å². The molecular formula is C25H20N2O7S. The molecular weight excluding hydrogens is 472 g/mol. The summed E-state index contributed by atoms with van der Waals surface area (Å²) in [5.74, 6) is 0.372. The first-order valence-corrected chi connectivity index (χ1v) is 11.7. The van der Waals surface area contributed by atoms with Crippen molar-refractivity contribution in [3.8, 4) is 11.5 Å². The lowest BCUT2D eigenvalue weighted by molar-refractivity contribution is 0.0697. The van der Waals surface area contributed by atoms with Crippen molar-refractivity contribution in [3.05, 3.63) is 82.6 Å². The van der Waals surface area contributed by atoms with Crippen molar-refractivity contribution in [1.82, 2.24) is 4.98 Å². The SMILES string of the molecule is O=C(O)c1ccc2oc(-c3cc4ccc(N(CCCSO)Cc5ccco5)cc4oc3=O)nc2c1. The summed E-state index contributed by atoms with van der Waals surface area (Å²) in [6.07, 6.45) is 2.37. The quantitative estimate of drug-likeness (QED) is 0.155. The van der Waals surface area contributed by atoms with Gasteiger partial charge in [-0.1, -0.05) is 0 Å². The van der Waals surface area contributed by atoms with Crippen molar-refractivity contribution in [1.29, 1.82) is 0 Å². The zero-order valence-corrected chi connectivity index (χ0v) is 19.2. The van der Waals surface area contributed by atoms with Crippen molar-refractivity contribution in [2.24, 2.45) is 0 Å². The molecule has 0 saturated carbocycles. The highest BCUT2D eigenvalue weighted by Gasteiger charge is 2.17. The molecule has 9 nitrogen and oxygen atoms in total. The van der Waals surface area contributed by atoms with Gasteiger partial charge in [0, 0.05) is 29.4 Å². The van der Waals surface area contributed by atoms with Crippen molar-refractivity contribution in [2.45, 2.75) is 13.0 Å². The molecule has 5 aromatic rings. The molecule has 0 atom stereocenters. The Morgan fingerprint density at radius 3 is 2.71 bits per heavy atom. The number of carboxylic acid groups (broad SMARTS) is 1. The molecule has 0 fully saturated rings. The number of carboxylic acids is 1. The van der Waals surface area contributed by atoms with E-state index in [9.17, 15) is 14.7 Å². The van der Waals surface area contributed by atoms with Gasteiger partial charge >= 0.3 is 11.6 Å². The van der Waals surface area contributed by atoms with Crippen LogP contribution in [0.15, 0.2) is 78.9 Å². The smallest absolute Gasteiger partial charge is 0.349 e. The van der Waals surface area contributed by atoms with E-state index < -0.39 is 11.6 Å². The largest absolute Gasteiger partial charge is 0.478 e. The van der Waals surface area contributed by atoms with Crippen LogP contribution in [0.2, 0.25) is 0 Å². The Labute approximate surface area is 202 Å². The summed E-state index contributed by atoms with van der Waals surface area (Å²) < 4.78 is 25.9. The van der Waals surface area contributed by atoms with Gasteiger partial charge in [-0.2, -0.15) is 0 Å². The van der Waals surface area contributed by atoms with Crippen LogP contribution in [0.5, 0.6) is 0 Å². The molecule has 35 heavy (non-hydrogen) atoms.